The molecule has 2 amide bonds. The third-order valence-electron chi connectivity index (χ3n) is 3.74. The van der Waals surface area contributed by atoms with Crippen molar-refractivity contribution in [2.45, 2.75) is 33.4 Å². The molecule has 2 rings (SSSR count). The lowest BCUT2D eigenvalue weighted by Crippen LogP contribution is -2.37. The summed E-state index contributed by atoms with van der Waals surface area (Å²) in [5.41, 5.74) is 3.36. The van der Waals surface area contributed by atoms with E-state index >= 15 is 0 Å². The summed E-state index contributed by atoms with van der Waals surface area (Å²) in [7, 11) is 1.87. The van der Waals surface area contributed by atoms with Crippen LogP contribution in [0.1, 0.15) is 35.5 Å². The molecule has 0 fully saturated rings. The number of urea groups is 1. The lowest BCUT2D eigenvalue weighted by Gasteiger charge is -2.15. The molecule has 1 aromatic heterocycles. The van der Waals surface area contributed by atoms with Crippen LogP contribution in [0.4, 0.5) is 9.18 Å². The van der Waals surface area contributed by atoms with Crippen LogP contribution in [-0.4, -0.2) is 15.8 Å². The van der Waals surface area contributed by atoms with E-state index in [-0.39, 0.29) is 24.4 Å². The van der Waals surface area contributed by atoms with Crippen molar-refractivity contribution in [1.29, 1.82) is 0 Å². The molecular weight excluding hydrogens is 283 g/mol. The van der Waals surface area contributed by atoms with Gasteiger partial charge in [0.25, 0.3) is 0 Å². The Morgan fingerprint density at radius 2 is 2.05 bits per heavy atom. The highest BCUT2D eigenvalue weighted by Crippen LogP contribution is 2.20. The van der Waals surface area contributed by atoms with Crippen LogP contribution in [0, 0.1) is 19.7 Å². The van der Waals surface area contributed by atoms with Crippen molar-refractivity contribution in [2.24, 2.45) is 7.05 Å². The lowest BCUT2D eigenvalue weighted by atomic mass is 10.1. The van der Waals surface area contributed by atoms with Crippen LogP contribution in [0.15, 0.2) is 24.3 Å². The minimum atomic E-state index is -0.335. The molecule has 0 aliphatic heterocycles. The Kier molecular flexibility index (Phi) is 4.80. The van der Waals surface area contributed by atoms with Crippen molar-refractivity contribution in [3.05, 3.63) is 52.6 Å². The average molecular weight is 304 g/mol. The van der Waals surface area contributed by atoms with E-state index < -0.39 is 0 Å². The Bertz CT molecular complexity index is 681. The van der Waals surface area contributed by atoms with Gasteiger partial charge in [-0.25, -0.2) is 9.18 Å². The maximum Gasteiger partial charge on any atom is 0.315 e. The van der Waals surface area contributed by atoms with Crippen LogP contribution >= 0.6 is 0 Å². The molecule has 6 heteroatoms. The first kappa shape index (κ1) is 16.0. The van der Waals surface area contributed by atoms with E-state index in [0.717, 1.165) is 17.0 Å². The molecule has 1 unspecified atom stereocenters. The van der Waals surface area contributed by atoms with Crippen LogP contribution < -0.4 is 10.6 Å². The highest BCUT2D eigenvalue weighted by Gasteiger charge is 2.18. The molecule has 2 N–H and O–H groups in total. The molecule has 2 aromatic rings. The van der Waals surface area contributed by atoms with E-state index in [1.165, 1.54) is 6.07 Å². The first-order chi connectivity index (χ1) is 10.4. The highest BCUT2D eigenvalue weighted by atomic mass is 19.1. The topological polar surface area (TPSA) is 59.0 Å². The van der Waals surface area contributed by atoms with Crippen molar-refractivity contribution in [2.75, 3.05) is 0 Å². The molecule has 0 spiro atoms. The Labute approximate surface area is 129 Å². The number of hydrogen-bond acceptors (Lipinski definition) is 2. The van der Waals surface area contributed by atoms with Gasteiger partial charge in [-0.15, -0.1) is 0 Å². The Morgan fingerprint density at radius 3 is 2.64 bits per heavy atom. The van der Waals surface area contributed by atoms with Gasteiger partial charge in [0.15, 0.2) is 0 Å². The number of carbonyl (C=O) groups is 1. The van der Waals surface area contributed by atoms with Crippen LogP contribution in [0.5, 0.6) is 0 Å². The first-order valence-corrected chi connectivity index (χ1v) is 7.18. The largest absolute Gasteiger partial charge is 0.334 e. The predicted molar refractivity (Wildman–Crippen MR) is 82.9 cm³/mol. The van der Waals surface area contributed by atoms with E-state index in [1.807, 2.05) is 27.8 Å². The minimum absolute atomic E-state index is 0.149. The van der Waals surface area contributed by atoms with E-state index in [2.05, 4.69) is 15.7 Å². The summed E-state index contributed by atoms with van der Waals surface area (Å²) in [6.07, 6.45) is 0. The second-order valence-corrected chi connectivity index (χ2v) is 5.35. The molecule has 1 aromatic carbocycles. The molecule has 1 atom stereocenters. The molecule has 0 aliphatic rings. The van der Waals surface area contributed by atoms with E-state index in [4.69, 9.17) is 0 Å². The van der Waals surface area contributed by atoms with Gasteiger partial charge in [-0.2, -0.15) is 5.10 Å². The fourth-order valence-corrected chi connectivity index (χ4v) is 2.55. The van der Waals surface area contributed by atoms with Crippen LogP contribution in [0.25, 0.3) is 0 Å². The fraction of sp³-hybridized carbons (Fsp3) is 0.375. The molecule has 0 saturated carbocycles. The fourth-order valence-electron chi connectivity index (χ4n) is 2.55. The van der Waals surface area contributed by atoms with E-state index in [9.17, 15) is 9.18 Å². The molecule has 22 heavy (non-hydrogen) atoms. The molecular formula is C16H21FN4O. The number of amides is 2. The summed E-state index contributed by atoms with van der Waals surface area (Å²) in [6, 6.07) is 5.87. The van der Waals surface area contributed by atoms with Gasteiger partial charge in [0, 0.05) is 30.4 Å². The number of aryl methyl sites for hydroxylation is 2. The summed E-state index contributed by atoms with van der Waals surface area (Å²) < 4.78 is 15.3. The second-order valence-electron chi connectivity index (χ2n) is 5.35. The third-order valence-corrected chi connectivity index (χ3v) is 3.74. The van der Waals surface area contributed by atoms with Crippen molar-refractivity contribution >= 4 is 6.03 Å². The first-order valence-electron chi connectivity index (χ1n) is 7.18. The molecule has 1 heterocycles. The number of hydrogen-bond donors (Lipinski definition) is 2. The number of carbonyl (C=O) groups excluding carboxylic acids is 1. The van der Waals surface area contributed by atoms with Gasteiger partial charge in [-0.3, -0.25) is 4.68 Å². The summed E-state index contributed by atoms with van der Waals surface area (Å²) in [4.78, 5) is 12.0. The normalized spacial score (nSPS) is 12.0. The number of rotatable bonds is 4. The standard InChI is InChI=1S/C16H21FN4O/c1-10(15-11(2)20-21(4)12(15)3)19-16(22)18-9-13-7-5-6-8-14(13)17/h5-8,10H,9H2,1-4H3,(H2,18,19,22). The number of benzene rings is 1. The Morgan fingerprint density at radius 1 is 1.36 bits per heavy atom. The van der Waals surface area contributed by atoms with E-state index in [1.54, 1.807) is 22.9 Å². The summed E-state index contributed by atoms with van der Waals surface area (Å²) in [5.74, 6) is -0.324. The van der Waals surface area contributed by atoms with Gasteiger partial charge >= 0.3 is 6.03 Å². The molecule has 5 nitrogen and oxygen atoms in total. The zero-order chi connectivity index (χ0) is 16.3. The molecule has 0 saturated heterocycles. The minimum Gasteiger partial charge on any atom is -0.334 e. The molecule has 0 aliphatic carbocycles. The van der Waals surface area contributed by atoms with Gasteiger partial charge < -0.3 is 10.6 Å². The van der Waals surface area contributed by atoms with Crippen molar-refractivity contribution in [1.82, 2.24) is 20.4 Å². The maximum atomic E-state index is 13.5. The van der Waals surface area contributed by atoms with Gasteiger partial charge in [-0.1, -0.05) is 18.2 Å². The van der Waals surface area contributed by atoms with Crippen molar-refractivity contribution in [3.63, 3.8) is 0 Å². The monoisotopic (exact) mass is 304 g/mol. The predicted octanol–water partition coefficient (Wildman–Crippen LogP) is 2.74. The Balaban J connectivity index is 1.96. The van der Waals surface area contributed by atoms with Gasteiger partial charge in [-0.05, 0) is 26.8 Å². The number of nitrogens with one attached hydrogen (secondary N) is 2. The smallest absolute Gasteiger partial charge is 0.315 e. The van der Waals surface area contributed by atoms with Gasteiger partial charge in [0.2, 0.25) is 0 Å². The van der Waals surface area contributed by atoms with Crippen molar-refractivity contribution in [3.8, 4) is 0 Å². The number of aromatic nitrogens is 2. The zero-order valence-corrected chi connectivity index (χ0v) is 13.3. The second kappa shape index (κ2) is 6.60. The number of nitrogens with zero attached hydrogens (tertiary/aromatic N) is 2. The Hall–Kier alpha value is -2.37. The third kappa shape index (κ3) is 3.44. The maximum absolute atomic E-state index is 13.5. The van der Waals surface area contributed by atoms with Crippen LogP contribution in [-0.2, 0) is 13.6 Å². The number of halogens is 1. The van der Waals surface area contributed by atoms with Crippen LogP contribution in [0.2, 0.25) is 0 Å². The quantitative estimate of drug-likeness (QED) is 0.912. The summed E-state index contributed by atoms with van der Waals surface area (Å²) in [6.45, 7) is 5.93. The molecule has 0 bridgehead atoms. The van der Waals surface area contributed by atoms with Crippen molar-refractivity contribution < 1.29 is 9.18 Å². The summed E-state index contributed by atoms with van der Waals surface area (Å²) in [5, 5.41) is 9.86. The van der Waals surface area contributed by atoms with Crippen LogP contribution in [0.3, 0.4) is 0 Å². The SMILES string of the molecule is Cc1nn(C)c(C)c1C(C)NC(=O)NCc1ccccc1F. The average Bonchev–Trinajstić information content (AvgIpc) is 2.71. The zero-order valence-electron chi connectivity index (χ0n) is 13.3. The summed E-state index contributed by atoms with van der Waals surface area (Å²) >= 11 is 0. The molecule has 118 valence electrons. The van der Waals surface area contributed by atoms with E-state index in [0.29, 0.717) is 5.56 Å². The van der Waals surface area contributed by atoms with Gasteiger partial charge in [0.1, 0.15) is 5.82 Å². The highest BCUT2D eigenvalue weighted by molar-refractivity contribution is 5.74. The lowest BCUT2D eigenvalue weighted by molar-refractivity contribution is 0.237. The van der Waals surface area contributed by atoms with Gasteiger partial charge in [0.05, 0.1) is 11.7 Å². The molecule has 0 radical (unpaired) electrons.